The lowest BCUT2D eigenvalue weighted by atomic mass is 10.1. The number of benzene rings is 1. The fourth-order valence-electron chi connectivity index (χ4n) is 3.71. The molecule has 3 heterocycles. The van der Waals surface area contributed by atoms with Gasteiger partial charge in [-0.25, -0.2) is 18.7 Å². The zero-order valence-corrected chi connectivity index (χ0v) is 15.4. The molecule has 6 nitrogen and oxygen atoms in total. The number of methoxy groups -OCH3 is 1. The molecule has 0 aliphatic carbocycles. The molecule has 0 radical (unpaired) electrons. The zero-order chi connectivity index (χ0) is 19.7. The van der Waals surface area contributed by atoms with Gasteiger partial charge in [0.1, 0.15) is 23.0 Å². The smallest absolute Gasteiger partial charge is 0.254 e. The van der Waals surface area contributed by atoms with E-state index in [0.717, 1.165) is 41.6 Å². The van der Waals surface area contributed by atoms with E-state index in [0.29, 0.717) is 26.2 Å². The Labute approximate surface area is 160 Å². The van der Waals surface area contributed by atoms with Gasteiger partial charge in [-0.3, -0.25) is 4.79 Å². The molecule has 8 heteroatoms. The maximum Gasteiger partial charge on any atom is 0.254 e. The molecule has 4 rings (SSSR count). The molecule has 1 saturated heterocycles. The van der Waals surface area contributed by atoms with Crippen LogP contribution in [0.1, 0.15) is 28.5 Å². The van der Waals surface area contributed by atoms with Crippen LogP contribution in [0.5, 0.6) is 0 Å². The highest BCUT2D eigenvalue weighted by atomic mass is 19.1. The van der Waals surface area contributed by atoms with Crippen molar-refractivity contribution in [3.05, 3.63) is 59.6 Å². The molecule has 1 fully saturated rings. The van der Waals surface area contributed by atoms with Crippen molar-refractivity contribution in [2.75, 3.05) is 26.8 Å². The third kappa shape index (κ3) is 3.47. The standard InChI is InChI=1S/C20H20F2N4O2/c1-28-8-7-26-18(24-17-3-2-5-23-19(17)26)13-4-6-25(12-13)20(27)14-9-15(21)11-16(22)10-14/h2-3,5,9-11,13H,4,6-8,12H2,1H3. The first-order chi connectivity index (χ1) is 13.6. The molecule has 0 N–H and O–H groups in total. The van der Waals surface area contributed by atoms with Crippen LogP contribution in [-0.2, 0) is 11.3 Å². The van der Waals surface area contributed by atoms with E-state index in [1.165, 1.54) is 0 Å². The van der Waals surface area contributed by atoms with Gasteiger partial charge >= 0.3 is 0 Å². The lowest BCUT2D eigenvalue weighted by Gasteiger charge is -2.17. The molecule has 1 aliphatic rings. The third-order valence-corrected chi connectivity index (χ3v) is 5.00. The van der Waals surface area contributed by atoms with E-state index in [2.05, 4.69) is 4.98 Å². The van der Waals surface area contributed by atoms with Crippen molar-refractivity contribution in [2.45, 2.75) is 18.9 Å². The van der Waals surface area contributed by atoms with Gasteiger partial charge in [0.05, 0.1) is 6.61 Å². The quantitative estimate of drug-likeness (QED) is 0.676. The maximum absolute atomic E-state index is 13.5. The molecule has 1 atom stereocenters. The molecule has 1 unspecified atom stereocenters. The Bertz CT molecular complexity index is 1000. The van der Waals surface area contributed by atoms with Crippen molar-refractivity contribution in [1.29, 1.82) is 0 Å². The number of halogens is 2. The number of hydrogen-bond donors (Lipinski definition) is 0. The largest absolute Gasteiger partial charge is 0.383 e. The molecule has 0 saturated carbocycles. The second-order valence-corrected chi connectivity index (χ2v) is 6.86. The molecular formula is C20H20F2N4O2. The highest BCUT2D eigenvalue weighted by Crippen LogP contribution is 2.30. The number of rotatable bonds is 5. The third-order valence-electron chi connectivity index (χ3n) is 5.00. The molecule has 1 amide bonds. The van der Waals surface area contributed by atoms with Crippen LogP contribution in [0.25, 0.3) is 11.2 Å². The first-order valence-corrected chi connectivity index (χ1v) is 9.12. The fourth-order valence-corrected chi connectivity index (χ4v) is 3.71. The summed E-state index contributed by atoms with van der Waals surface area (Å²) >= 11 is 0. The summed E-state index contributed by atoms with van der Waals surface area (Å²) < 4.78 is 34.2. The minimum atomic E-state index is -0.758. The lowest BCUT2D eigenvalue weighted by Crippen LogP contribution is -2.29. The molecule has 28 heavy (non-hydrogen) atoms. The number of likely N-dealkylation sites (tertiary alicyclic amines) is 1. The average molecular weight is 386 g/mol. The van der Waals surface area contributed by atoms with Crippen LogP contribution in [0.2, 0.25) is 0 Å². The SMILES string of the molecule is COCCn1c(C2CCN(C(=O)c3cc(F)cc(F)c3)C2)nc2cccnc21. The summed E-state index contributed by atoms with van der Waals surface area (Å²) in [6, 6.07) is 6.63. The van der Waals surface area contributed by atoms with Crippen LogP contribution >= 0.6 is 0 Å². The average Bonchev–Trinajstić information content (AvgIpc) is 3.30. The Morgan fingerprint density at radius 1 is 1.29 bits per heavy atom. The van der Waals surface area contributed by atoms with Gasteiger partial charge in [0.2, 0.25) is 0 Å². The second-order valence-electron chi connectivity index (χ2n) is 6.86. The monoisotopic (exact) mass is 386 g/mol. The van der Waals surface area contributed by atoms with Crippen molar-refractivity contribution < 1.29 is 18.3 Å². The van der Waals surface area contributed by atoms with E-state index in [1.54, 1.807) is 18.2 Å². The normalized spacial score (nSPS) is 16.8. The van der Waals surface area contributed by atoms with Gasteiger partial charge in [0.15, 0.2) is 5.65 Å². The summed E-state index contributed by atoms with van der Waals surface area (Å²) in [4.78, 5) is 23.5. The predicted molar refractivity (Wildman–Crippen MR) is 99.0 cm³/mol. The van der Waals surface area contributed by atoms with Crippen LogP contribution in [0.4, 0.5) is 8.78 Å². The Balaban J connectivity index is 1.59. The molecule has 0 spiro atoms. The summed E-state index contributed by atoms with van der Waals surface area (Å²) in [5.41, 5.74) is 1.60. The minimum Gasteiger partial charge on any atom is -0.383 e. The Hall–Kier alpha value is -2.87. The molecule has 0 bridgehead atoms. The Kier molecular flexibility index (Phi) is 5.04. The highest BCUT2D eigenvalue weighted by Gasteiger charge is 2.32. The van der Waals surface area contributed by atoms with Gasteiger partial charge in [-0.2, -0.15) is 0 Å². The number of carbonyl (C=O) groups excluding carboxylic acids is 1. The van der Waals surface area contributed by atoms with Gasteiger partial charge in [-0.05, 0) is 30.7 Å². The number of fused-ring (bicyclic) bond motifs is 1. The topological polar surface area (TPSA) is 60.2 Å². The number of hydrogen-bond acceptors (Lipinski definition) is 4. The number of amides is 1. The van der Waals surface area contributed by atoms with E-state index in [9.17, 15) is 13.6 Å². The Morgan fingerprint density at radius 2 is 2.07 bits per heavy atom. The number of aromatic nitrogens is 3. The van der Waals surface area contributed by atoms with Crippen LogP contribution in [0, 0.1) is 11.6 Å². The van der Waals surface area contributed by atoms with Gasteiger partial charge in [-0.1, -0.05) is 0 Å². The molecule has 1 aliphatic heterocycles. The van der Waals surface area contributed by atoms with Crippen molar-refractivity contribution in [3.8, 4) is 0 Å². The van der Waals surface area contributed by atoms with Gasteiger partial charge < -0.3 is 14.2 Å². The van der Waals surface area contributed by atoms with Gasteiger partial charge in [-0.15, -0.1) is 0 Å². The summed E-state index contributed by atoms with van der Waals surface area (Å²) in [5, 5.41) is 0. The van der Waals surface area contributed by atoms with E-state index in [1.807, 2.05) is 16.7 Å². The second kappa shape index (κ2) is 7.63. The highest BCUT2D eigenvalue weighted by molar-refractivity contribution is 5.94. The minimum absolute atomic E-state index is 0.0210. The number of ether oxygens (including phenoxy) is 1. The summed E-state index contributed by atoms with van der Waals surface area (Å²) in [5.74, 6) is -1.02. The first kappa shape index (κ1) is 18.5. The molecular weight excluding hydrogens is 366 g/mol. The fraction of sp³-hybridized carbons (Fsp3) is 0.350. The number of carbonyl (C=O) groups is 1. The van der Waals surface area contributed by atoms with Crippen LogP contribution < -0.4 is 0 Å². The lowest BCUT2D eigenvalue weighted by molar-refractivity contribution is 0.0789. The molecule has 2 aromatic heterocycles. The number of pyridine rings is 1. The van der Waals surface area contributed by atoms with E-state index < -0.39 is 11.6 Å². The summed E-state index contributed by atoms with van der Waals surface area (Å²) in [6.07, 6.45) is 2.44. The van der Waals surface area contributed by atoms with E-state index in [4.69, 9.17) is 9.72 Å². The van der Waals surface area contributed by atoms with Gasteiger partial charge in [0, 0.05) is 50.5 Å². The maximum atomic E-state index is 13.5. The molecule has 1 aromatic carbocycles. The van der Waals surface area contributed by atoms with Crippen LogP contribution in [-0.4, -0.2) is 52.1 Å². The summed E-state index contributed by atoms with van der Waals surface area (Å²) in [7, 11) is 1.64. The Morgan fingerprint density at radius 3 is 2.82 bits per heavy atom. The van der Waals surface area contributed by atoms with E-state index in [-0.39, 0.29) is 17.4 Å². The predicted octanol–water partition coefficient (Wildman–Crippen LogP) is 2.99. The summed E-state index contributed by atoms with van der Waals surface area (Å²) in [6.45, 7) is 2.07. The van der Waals surface area contributed by atoms with Crippen molar-refractivity contribution in [1.82, 2.24) is 19.4 Å². The molecule has 3 aromatic rings. The zero-order valence-electron chi connectivity index (χ0n) is 15.4. The number of imidazole rings is 1. The number of nitrogens with zero attached hydrogens (tertiary/aromatic N) is 4. The van der Waals surface area contributed by atoms with Crippen LogP contribution in [0.3, 0.4) is 0 Å². The van der Waals surface area contributed by atoms with Crippen LogP contribution in [0.15, 0.2) is 36.5 Å². The molecule has 146 valence electrons. The van der Waals surface area contributed by atoms with Gasteiger partial charge in [0.25, 0.3) is 5.91 Å². The van der Waals surface area contributed by atoms with Crippen molar-refractivity contribution >= 4 is 17.1 Å². The first-order valence-electron chi connectivity index (χ1n) is 9.12. The van der Waals surface area contributed by atoms with E-state index >= 15 is 0 Å². The van der Waals surface area contributed by atoms with Crippen molar-refractivity contribution in [2.24, 2.45) is 0 Å². The van der Waals surface area contributed by atoms with Crippen molar-refractivity contribution in [3.63, 3.8) is 0 Å².